The minimum Gasteiger partial charge on any atom is -0.390 e. The van der Waals surface area contributed by atoms with Crippen LogP contribution in [0.25, 0.3) is 11.1 Å². The van der Waals surface area contributed by atoms with Crippen LogP contribution in [0.2, 0.25) is 0 Å². The number of para-hydroxylation sites is 2. The third-order valence-corrected chi connectivity index (χ3v) is 4.91. The van der Waals surface area contributed by atoms with E-state index < -0.39 is 0 Å². The van der Waals surface area contributed by atoms with E-state index in [1.807, 2.05) is 24.3 Å². The average Bonchev–Trinajstić information content (AvgIpc) is 2.77. The number of nitrogens with two attached hydrogens (primary N) is 1. The van der Waals surface area contributed by atoms with E-state index in [0.29, 0.717) is 0 Å². The fourth-order valence-electron chi connectivity index (χ4n) is 3.53. The molecule has 0 saturated carbocycles. The van der Waals surface area contributed by atoms with Crippen molar-refractivity contribution in [3.63, 3.8) is 0 Å². The molecule has 0 aliphatic heterocycles. The Balaban J connectivity index is 1.90. The molecular formula is C26H23N3. The largest absolute Gasteiger partial charge is 0.390 e. The minimum atomic E-state index is 0.839. The lowest BCUT2D eigenvalue weighted by Gasteiger charge is -2.27. The SMILES string of the molecule is Cc1ccccc1N(c1ccccc1)c1ccc(-c2ccccc2)c(N=CN)c1. The van der Waals surface area contributed by atoms with Gasteiger partial charge in [0.15, 0.2) is 0 Å². The first-order valence-corrected chi connectivity index (χ1v) is 9.62. The molecule has 0 bridgehead atoms. The second kappa shape index (κ2) is 8.44. The highest BCUT2D eigenvalue weighted by molar-refractivity contribution is 5.86. The van der Waals surface area contributed by atoms with E-state index in [1.165, 1.54) is 11.9 Å². The van der Waals surface area contributed by atoms with Crippen molar-refractivity contribution < 1.29 is 0 Å². The van der Waals surface area contributed by atoms with E-state index in [-0.39, 0.29) is 0 Å². The second-order valence-electron chi connectivity index (χ2n) is 6.80. The molecule has 0 aromatic heterocycles. The zero-order valence-corrected chi connectivity index (χ0v) is 16.4. The predicted molar refractivity (Wildman–Crippen MR) is 124 cm³/mol. The summed E-state index contributed by atoms with van der Waals surface area (Å²) in [6.07, 6.45) is 1.35. The van der Waals surface area contributed by atoms with Crippen LogP contribution in [0.3, 0.4) is 0 Å². The van der Waals surface area contributed by atoms with Crippen LogP contribution in [0.15, 0.2) is 108 Å². The lowest BCUT2D eigenvalue weighted by Crippen LogP contribution is -2.11. The molecule has 3 heteroatoms. The van der Waals surface area contributed by atoms with Gasteiger partial charge in [0.2, 0.25) is 0 Å². The van der Waals surface area contributed by atoms with Crippen molar-refractivity contribution >= 4 is 29.1 Å². The van der Waals surface area contributed by atoms with Crippen LogP contribution < -0.4 is 10.6 Å². The number of aliphatic imine (C=N–C) groups is 1. The molecular weight excluding hydrogens is 354 g/mol. The third kappa shape index (κ3) is 3.90. The Morgan fingerprint density at radius 2 is 1.38 bits per heavy atom. The van der Waals surface area contributed by atoms with Crippen LogP contribution in [0.4, 0.5) is 22.7 Å². The van der Waals surface area contributed by atoms with Crippen molar-refractivity contribution in [1.29, 1.82) is 0 Å². The number of rotatable bonds is 5. The average molecular weight is 377 g/mol. The van der Waals surface area contributed by atoms with Crippen LogP contribution in [-0.4, -0.2) is 6.34 Å². The van der Waals surface area contributed by atoms with Crippen LogP contribution in [0.1, 0.15) is 5.56 Å². The monoisotopic (exact) mass is 377 g/mol. The van der Waals surface area contributed by atoms with Gasteiger partial charge in [-0.1, -0.05) is 72.8 Å². The van der Waals surface area contributed by atoms with Crippen molar-refractivity contribution in [1.82, 2.24) is 0 Å². The van der Waals surface area contributed by atoms with Gasteiger partial charge in [0.1, 0.15) is 0 Å². The topological polar surface area (TPSA) is 41.6 Å². The molecule has 0 aliphatic carbocycles. The molecule has 0 atom stereocenters. The number of benzene rings is 4. The van der Waals surface area contributed by atoms with Crippen LogP contribution in [-0.2, 0) is 0 Å². The minimum absolute atomic E-state index is 0.839. The fourth-order valence-corrected chi connectivity index (χ4v) is 3.53. The highest BCUT2D eigenvalue weighted by Gasteiger charge is 2.16. The molecule has 0 aliphatic rings. The summed E-state index contributed by atoms with van der Waals surface area (Å²) < 4.78 is 0. The predicted octanol–water partition coefficient (Wildman–Crippen LogP) is 6.75. The maximum absolute atomic E-state index is 5.67. The molecule has 0 heterocycles. The highest BCUT2D eigenvalue weighted by Crippen LogP contribution is 2.40. The standard InChI is InChI=1S/C26H23N3/c1-20-10-8-9-15-26(20)29(22-13-6-3-7-14-22)23-16-17-24(25(18-23)28-19-27)21-11-4-2-5-12-21/h2-19H,1H3,(H2,27,28). The van der Waals surface area contributed by atoms with E-state index in [1.54, 1.807) is 0 Å². The normalized spacial score (nSPS) is 10.9. The summed E-state index contributed by atoms with van der Waals surface area (Å²) in [6, 6.07) is 35.3. The molecule has 0 unspecified atom stereocenters. The molecule has 4 rings (SSSR count). The lowest BCUT2D eigenvalue weighted by atomic mass is 10.0. The zero-order valence-electron chi connectivity index (χ0n) is 16.4. The molecule has 2 N–H and O–H groups in total. The van der Waals surface area contributed by atoms with Gasteiger partial charge >= 0.3 is 0 Å². The smallest absolute Gasteiger partial charge is 0.0860 e. The Labute approximate surface area is 171 Å². The maximum atomic E-state index is 5.67. The number of hydrogen-bond acceptors (Lipinski definition) is 2. The molecule has 4 aromatic rings. The fraction of sp³-hybridized carbons (Fsp3) is 0.0385. The maximum Gasteiger partial charge on any atom is 0.0860 e. The van der Waals surface area contributed by atoms with Crippen molar-refractivity contribution in [3.8, 4) is 11.1 Å². The molecule has 0 saturated heterocycles. The van der Waals surface area contributed by atoms with Crippen molar-refractivity contribution in [3.05, 3.63) is 109 Å². The Morgan fingerprint density at radius 1 is 0.724 bits per heavy atom. The lowest BCUT2D eigenvalue weighted by molar-refractivity contribution is 1.25. The first-order chi connectivity index (χ1) is 14.3. The van der Waals surface area contributed by atoms with Gasteiger partial charge in [-0.3, -0.25) is 0 Å². The number of aryl methyl sites for hydroxylation is 1. The summed E-state index contributed by atoms with van der Waals surface area (Å²) in [5.41, 5.74) is 13.1. The summed E-state index contributed by atoms with van der Waals surface area (Å²) in [6.45, 7) is 2.13. The second-order valence-corrected chi connectivity index (χ2v) is 6.80. The Morgan fingerprint density at radius 3 is 2.07 bits per heavy atom. The summed E-state index contributed by atoms with van der Waals surface area (Å²) >= 11 is 0. The van der Waals surface area contributed by atoms with Gasteiger partial charge in [-0.2, -0.15) is 0 Å². The highest BCUT2D eigenvalue weighted by atomic mass is 15.1. The van der Waals surface area contributed by atoms with E-state index in [9.17, 15) is 0 Å². The van der Waals surface area contributed by atoms with Crippen molar-refractivity contribution in [2.75, 3.05) is 4.90 Å². The van der Waals surface area contributed by atoms with E-state index >= 15 is 0 Å². The third-order valence-electron chi connectivity index (χ3n) is 4.91. The summed E-state index contributed by atoms with van der Waals surface area (Å²) in [5.74, 6) is 0. The van der Waals surface area contributed by atoms with Gasteiger partial charge in [-0.25, -0.2) is 4.99 Å². The van der Waals surface area contributed by atoms with Crippen molar-refractivity contribution in [2.24, 2.45) is 10.7 Å². The van der Waals surface area contributed by atoms with E-state index in [0.717, 1.165) is 33.9 Å². The Hall–Kier alpha value is -3.85. The van der Waals surface area contributed by atoms with Crippen LogP contribution in [0.5, 0.6) is 0 Å². The number of anilines is 3. The molecule has 0 amide bonds. The van der Waals surface area contributed by atoms with Gasteiger partial charge in [-0.15, -0.1) is 0 Å². The van der Waals surface area contributed by atoms with Gasteiger partial charge in [-0.05, 0) is 48.4 Å². The molecule has 142 valence electrons. The van der Waals surface area contributed by atoms with Gasteiger partial charge in [0.05, 0.1) is 12.0 Å². The van der Waals surface area contributed by atoms with Crippen molar-refractivity contribution in [2.45, 2.75) is 6.92 Å². The Kier molecular flexibility index (Phi) is 5.39. The molecule has 0 fully saturated rings. The van der Waals surface area contributed by atoms with Gasteiger partial charge < -0.3 is 10.6 Å². The summed E-state index contributed by atoms with van der Waals surface area (Å²) in [7, 11) is 0. The van der Waals surface area contributed by atoms with Gasteiger partial charge in [0, 0.05) is 22.6 Å². The first kappa shape index (κ1) is 18.5. The molecule has 3 nitrogen and oxygen atoms in total. The molecule has 4 aromatic carbocycles. The summed E-state index contributed by atoms with van der Waals surface area (Å²) in [4.78, 5) is 6.71. The van der Waals surface area contributed by atoms with E-state index in [2.05, 4.69) is 95.7 Å². The number of hydrogen-bond donors (Lipinski definition) is 1. The molecule has 0 spiro atoms. The van der Waals surface area contributed by atoms with E-state index in [4.69, 9.17) is 5.73 Å². The molecule has 29 heavy (non-hydrogen) atoms. The quantitative estimate of drug-likeness (QED) is 0.309. The first-order valence-electron chi connectivity index (χ1n) is 9.62. The number of nitrogens with zero attached hydrogens (tertiary/aromatic N) is 2. The summed E-state index contributed by atoms with van der Waals surface area (Å²) in [5, 5.41) is 0. The Bertz CT molecular complexity index is 1120. The zero-order chi connectivity index (χ0) is 20.1. The van der Waals surface area contributed by atoms with Gasteiger partial charge in [0.25, 0.3) is 0 Å². The molecule has 0 radical (unpaired) electrons. The van der Waals surface area contributed by atoms with Crippen LogP contribution in [0, 0.1) is 6.92 Å². The van der Waals surface area contributed by atoms with Crippen LogP contribution >= 0.6 is 0 Å².